The molecule has 1 heterocycles. The van der Waals surface area contributed by atoms with Gasteiger partial charge in [0.15, 0.2) is 0 Å². The second-order valence-electron chi connectivity index (χ2n) is 3.34. The first-order chi connectivity index (χ1) is 5.66. The van der Waals surface area contributed by atoms with Crippen molar-refractivity contribution in [1.82, 2.24) is 10.2 Å². The molecule has 1 amide bonds. The minimum absolute atomic E-state index is 0.0301. The van der Waals surface area contributed by atoms with E-state index in [0.29, 0.717) is 0 Å². The summed E-state index contributed by atoms with van der Waals surface area (Å²) in [7, 11) is 1.74. The molecule has 4 nitrogen and oxygen atoms in total. The van der Waals surface area contributed by atoms with Crippen LogP contribution in [0.5, 0.6) is 0 Å². The van der Waals surface area contributed by atoms with Gasteiger partial charge in [-0.15, -0.1) is 0 Å². The van der Waals surface area contributed by atoms with Crippen LogP contribution < -0.4 is 5.32 Å². The first-order valence-electron chi connectivity index (χ1n) is 4.25. The molecule has 12 heavy (non-hydrogen) atoms. The minimum Gasteiger partial charge on any atom is -0.394 e. The molecule has 1 aliphatic rings. The van der Waals surface area contributed by atoms with Crippen molar-refractivity contribution in [2.75, 3.05) is 26.7 Å². The number of aliphatic hydroxyl groups excluding tert-OH is 1. The Bertz CT molecular complexity index is 168. The van der Waals surface area contributed by atoms with Gasteiger partial charge in [0.25, 0.3) is 0 Å². The number of aliphatic hydroxyl groups is 1. The number of nitrogens with zero attached hydrogens (tertiary/aromatic N) is 1. The van der Waals surface area contributed by atoms with E-state index in [1.807, 2.05) is 6.92 Å². The fourth-order valence-corrected chi connectivity index (χ4v) is 1.09. The normalized spacial score (nSPS) is 19.9. The average Bonchev–Trinajstić information content (AvgIpc) is 1.98. The second kappa shape index (κ2) is 3.87. The predicted octanol–water partition coefficient (Wildman–Crippen LogP) is -0.955. The smallest absolute Gasteiger partial charge is 0.228 e. The summed E-state index contributed by atoms with van der Waals surface area (Å²) in [6, 6.07) is -0.0712. The number of carbonyl (C=O) groups excluding carboxylic acids is 1. The fraction of sp³-hybridized carbons (Fsp3) is 0.875. The molecule has 0 radical (unpaired) electrons. The highest BCUT2D eigenvalue weighted by atomic mass is 16.3. The van der Waals surface area contributed by atoms with E-state index < -0.39 is 0 Å². The van der Waals surface area contributed by atoms with Gasteiger partial charge < -0.3 is 15.3 Å². The molecular formula is C8H16N2O2. The quantitative estimate of drug-likeness (QED) is 0.577. The Morgan fingerprint density at radius 1 is 1.75 bits per heavy atom. The molecule has 1 atom stereocenters. The molecule has 0 bridgehead atoms. The van der Waals surface area contributed by atoms with Gasteiger partial charge in [-0.3, -0.25) is 4.79 Å². The molecule has 0 spiro atoms. The third kappa shape index (κ3) is 1.76. The van der Waals surface area contributed by atoms with Gasteiger partial charge in [0, 0.05) is 20.1 Å². The largest absolute Gasteiger partial charge is 0.394 e. The van der Waals surface area contributed by atoms with Gasteiger partial charge in [0.2, 0.25) is 5.91 Å². The van der Waals surface area contributed by atoms with Crippen LogP contribution in [-0.2, 0) is 4.79 Å². The van der Waals surface area contributed by atoms with Crippen LogP contribution in [-0.4, -0.2) is 48.7 Å². The minimum atomic E-state index is -0.0712. The lowest BCUT2D eigenvalue weighted by molar-refractivity contribution is -0.138. The number of nitrogens with one attached hydrogen (secondary N) is 1. The van der Waals surface area contributed by atoms with Crippen LogP contribution in [0.25, 0.3) is 0 Å². The predicted molar refractivity (Wildman–Crippen MR) is 45.7 cm³/mol. The highest BCUT2D eigenvalue weighted by Crippen LogP contribution is 2.08. The number of carbonyl (C=O) groups is 1. The Labute approximate surface area is 72.6 Å². The molecule has 1 fully saturated rings. The number of rotatable bonds is 3. The zero-order valence-corrected chi connectivity index (χ0v) is 7.58. The molecule has 0 saturated carbocycles. The van der Waals surface area contributed by atoms with Crippen LogP contribution >= 0.6 is 0 Å². The Morgan fingerprint density at radius 2 is 2.33 bits per heavy atom. The van der Waals surface area contributed by atoms with Crippen LogP contribution in [0.1, 0.15) is 6.92 Å². The lowest BCUT2D eigenvalue weighted by atomic mass is 10.0. The first-order valence-corrected chi connectivity index (χ1v) is 4.25. The summed E-state index contributed by atoms with van der Waals surface area (Å²) in [6.45, 7) is 3.43. The van der Waals surface area contributed by atoms with Gasteiger partial charge in [-0.1, -0.05) is 0 Å². The van der Waals surface area contributed by atoms with Crippen LogP contribution in [0.4, 0.5) is 0 Å². The standard InChI is InChI=1S/C8H16N2O2/c1-6(5-11)10(2)8(12)7-3-9-4-7/h6-7,9,11H,3-5H2,1-2H3. The van der Waals surface area contributed by atoms with Crippen molar-refractivity contribution in [1.29, 1.82) is 0 Å². The fourth-order valence-electron chi connectivity index (χ4n) is 1.09. The summed E-state index contributed by atoms with van der Waals surface area (Å²) >= 11 is 0. The second-order valence-corrected chi connectivity index (χ2v) is 3.34. The lowest BCUT2D eigenvalue weighted by Crippen LogP contribution is -2.53. The SMILES string of the molecule is CC(CO)N(C)C(=O)C1CNC1. The average molecular weight is 172 g/mol. The Hall–Kier alpha value is -0.610. The Morgan fingerprint density at radius 3 is 2.67 bits per heavy atom. The summed E-state index contributed by atoms with van der Waals surface area (Å²) in [4.78, 5) is 13.1. The monoisotopic (exact) mass is 172 g/mol. The van der Waals surface area contributed by atoms with Crippen molar-refractivity contribution in [2.24, 2.45) is 5.92 Å². The van der Waals surface area contributed by atoms with E-state index in [2.05, 4.69) is 5.32 Å². The van der Waals surface area contributed by atoms with Gasteiger partial charge in [-0.2, -0.15) is 0 Å². The Kier molecular flexibility index (Phi) is 3.05. The molecule has 0 aromatic carbocycles. The summed E-state index contributed by atoms with van der Waals surface area (Å²) < 4.78 is 0. The van der Waals surface area contributed by atoms with E-state index in [1.54, 1.807) is 11.9 Å². The number of hydrogen-bond donors (Lipinski definition) is 2. The van der Waals surface area contributed by atoms with E-state index in [-0.39, 0.29) is 24.5 Å². The molecule has 70 valence electrons. The molecular weight excluding hydrogens is 156 g/mol. The highest BCUT2D eigenvalue weighted by Gasteiger charge is 2.29. The van der Waals surface area contributed by atoms with Crippen LogP contribution in [0.2, 0.25) is 0 Å². The van der Waals surface area contributed by atoms with Crippen molar-refractivity contribution < 1.29 is 9.90 Å². The van der Waals surface area contributed by atoms with E-state index in [0.717, 1.165) is 13.1 Å². The van der Waals surface area contributed by atoms with Gasteiger partial charge in [-0.25, -0.2) is 0 Å². The van der Waals surface area contributed by atoms with Crippen molar-refractivity contribution >= 4 is 5.91 Å². The third-order valence-electron chi connectivity index (χ3n) is 2.40. The molecule has 4 heteroatoms. The zero-order chi connectivity index (χ0) is 9.14. The molecule has 1 unspecified atom stereocenters. The highest BCUT2D eigenvalue weighted by molar-refractivity contribution is 5.80. The first kappa shape index (κ1) is 9.48. The summed E-state index contributed by atoms with van der Waals surface area (Å²) in [5, 5.41) is 11.9. The maximum atomic E-state index is 11.5. The molecule has 1 aliphatic heterocycles. The zero-order valence-electron chi connectivity index (χ0n) is 7.58. The van der Waals surface area contributed by atoms with Crippen molar-refractivity contribution in [2.45, 2.75) is 13.0 Å². The third-order valence-corrected chi connectivity index (χ3v) is 2.40. The number of hydrogen-bond acceptors (Lipinski definition) is 3. The maximum Gasteiger partial charge on any atom is 0.228 e. The summed E-state index contributed by atoms with van der Waals surface area (Å²) in [5.41, 5.74) is 0. The van der Waals surface area contributed by atoms with E-state index >= 15 is 0 Å². The van der Waals surface area contributed by atoms with Gasteiger partial charge in [-0.05, 0) is 6.92 Å². The molecule has 0 aromatic rings. The van der Waals surface area contributed by atoms with Crippen LogP contribution in [0.3, 0.4) is 0 Å². The van der Waals surface area contributed by atoms with Gasteiger partial charge >= 0.3 is 0 Å². The van der Waals surface area contributed by atoms with Crippen molar-refractivity contribution in [3.63, 3.8) is 0 Å². The summed E-state index contributed by atoms with van der Waals surface area (Å²) in [6.07, 6.45) is 0. The summed E-state index contributed by atoms with van der Waals surface area (Å²) in [5.74, 6) is 0.263. The van der Waals surface area contributed by atoms with E-state index in [1.165, 1.54) is 0 Å². The molecule has 0 aromatic heterocycles. The van der Waals surface area contributed by atoms with Crippen molar-refractivity contribution in [3.05, 3.63) is 0 Å². The molecule has 0 aliphatic carbocycles. The lowest BCUT2D eigenvalue weighted by Gasteiger charge is -2.32. The van der Waals surface area contributed by atoms with Crippen molar-refractivity contribution in [3.8, 4) is 0 Å². The molecule has 1 saturated heterocycles. The van der Waals surface area contributed by atoms with Crippen LogP contribution in [0.15, 0.2) is 0 Å². The number of likely N-dealkylation sites (N-methyl/N-ethyl adjacent to an activating group) is 1. The maximum absolute atomic E-state index is 11.5. The number of amides is 1. The van der Waals surface area contributed by atoms with E-state index in [9.17, 15) is 4.79 Å². The van der Waals surface area contributed by atoms with Crippen LogP contribution in [0, 0.1) is 5.92 Å². The topological polar surface area (TPSA) is 52.6 Å². The molecule has 2 N–H and O–H groups in total. The van der Waals surface area contributed by atoms with E-state index in [4.69, 9.17) is 5.11 Å². The Balaban J connectivity index is 2.39. The molecule has 1 rings (SSSR count). The van der Waals surface area contributed by atoms with Gasteiger partial charge in [0.1, 0.15) is 0 Å². The van der Waals surface area contributed by atoms with Gasteiger partial charge in [0.05, 0.1) is 18.6 Å².